The summed E-state index contributed by atoms with van der Waals surface area (Å²) in [6, 6.07) is 14.3. The van der Waals surface area contributed by atoms with Gasteiger partial charge in [0.25, 0.3) is 0 Å². The third-order valence-corrected chi connectivity index (χ3v) is 3.26. The van der Waals surface area contributed by atoms with E-state index in [1.54, 1.807) is 12.3 Å². The average molecular weight is 288 g/mol. The van der Waals surface area contributed by atoms with E-state index < -0.39 is 5.82 Å². The fraction of sp³-hybridized carbons (Fsp3) is 0.0625. The Morgan fingerprint density at radius 3 is 2.80 bits per heavy atom. The van der Waals surface area contributed by atoms with Crippen LogP contribution in [-0.4, -0.2) is 4.98 Å². The summed E-state index contributed by atoms with van der Waals surface area (Å²) in [6.45, 7) is 0.272. The number of benzene rings is 2. The van der Waals surface area contributed by atoms with E-state index >= 15 is 0 Å². The lowest BCUT2D eigenvalue weighted by Crippen LogP contribution is -1.96. The number of rotatable bonds is 3. The zero-order valence-electron chi connectivity index (χ0n) is 10.5. The van der Waals surface area contributed by atoms with E-state index in [2.05, 4.69) is 4.98 Å². The molecule has 0 aliphatic carbocycles. The van der Waals surface area contributed by atoms with E-state index in [4.69, 9.17) is 16.3 Å². The van der Waals surface area contributed by atoms with Crippen LogP contribution in [0.25, 0.3) is 10.9 Å². The molecule has 0 radical (unpaired) electrons. The van der Waals surface area contributed by atoms with Gasteiger partial charge in [-0.25, -0.2) is 4.39 Å². The smallest absolute Gasteiger partial charge is 0.142 e. The van der Waals surface area contributed by atoms with Gasteiger partial charge in [-0.3, -0.25) is 4.98 Å². The number of para-hydroxylation sites is 1. The van der Waals surface area contributed by atoms with Gasteiger partial charge in [0.1, 0.15) is 18.2 Å². The summed E-state index contributed by atoms with van der Waals surface area (Å²) in [5.41, 5.74) is 1.64. The summed E-state index contributed by atoms with van der Waals surface area (Å²) in [5.74, 6) is 0.212. The van der Waals surface area contributed by atoms with Crippen LogP contribution in [0.1, 0.15) is 5.56 Å². The van der Waals surface area contributed by atoms with E-state index in [1.165, 1.54) is 12.1 Å². The highest BCUT2D eigenvalue weighted by molar-refractivity contribution is 6.30. The van der Waals surface area contributed by atoms with Crippen LogP contribution >= 0.6 is 11.6 Å². The molecule has 3 rings (SSSR count). The first-order valence-corrected chi connectivity index (χ1v) is 6.52. The molecule has 0 unspecified atom stereocenters. The van der Waals surface area contributed by atoms with Crippen LogP contribution in [0, 0.1) is 5.82 Å². The Labute approximate surface area is 120 Å². The van der Waals surface area contributed by atoms with Crippen molar-refractivity contribution in [2.24, 2.45) is 0 Å². The van der Waals surface area contributed by atoms with Gasteiger partial charge in [-0.2, -0.15) is 0 Å². The molecule has 20 heavy (non-hydrogen) atoms. The highest BCUT2D eigenvalue weighted by Crippen LogP contribution is 2.20. The first-order valence-electron chi connectivity index (χ1n) is 6.14. The van der Waals surface area contributed by atoms with Gasteiger partial charge in [-0.15, -0.1) is 0 Å². The van der Waals surface area contributed by atoms with Crippen molar-refractivity contribution in [3.05, 3.63) is 71.1 Å². The van der Waals surface area contributed by atoms with Crippen LogP contribution in [-0.2, 0) is 6.61 Å². The lowest BCUT2D eigenvalue weighted by Gasteiger charge is -2.07. The Morgan fingerprint density at radius 2 is 1.95 bits per heavy atom. The number of hydrogen-bond acceptors (Lipinski definition) is 2. The van der Waals surface area contributed by atoms with Gasteiger partial charge in [-0.05, 0) is 29.8 Å². The molecule has 2 aromatic carbocycles. The molecule has 0 atom stereocenters. The van der Waals surface area contributed by atoms with Crippen LogP contribution < -0.4 is 4.74 Å². The van der Waals surface area contributed by atoms with Gasteiger partial charge in [0.15, 0.2) is 0 Å². The Bertz CT molecular complexity index is 760. The zero-order valence-corrected chi connectivity index (χ0v) is 11.3. The first-order chi connectivity index (χ1) is 9.72. The van der Waals surface area contributed by atoms with Crippen LogP contribution in [0.15, 0.2) is 54.7 Å². The Morgan fingerprint density at radius 1 is 1.10 bits per heavy atom. The van der Waals surface area contributed by atoms with Crippen LogP contribution in [0.5, 0.6) is 5.75 Å². The fourth-order valence-electron chi connectivity index (χ4n) is 1.93. The maximum atomic E-state index is 13.3. The second-order valence-corrected chi connectivity index (χ2v) is 4.81. The second kappa shape index (κ2) is 5.47. The van der Waals surface area contributed by atoms with E-state index in [-0.39, 0.29) is 11.6 Å². The van der Waals surface area contributed by atoms with E-state index in [0.29, 0.717) is 5.75 Å². The summed E-state index contributed by atoms with van der Waals surface area (Å²) in [7, 11) is 0. The summed E-state index contributed by atoms with van der Waals surface area (Å²) in [6.07, 6.45) is 1.66. The highest BCUT2D eigenvalue weighted by atomic mass is 35.5. The maximum absolute atomic E-state index is 13.3. The Hall–Kier alpha value is -2.13. The van der Waals surface area contributed by atoms with Crippen molar-refractivity contribution in [3.8, 4) is 5.75 Å². The van der Waals surface area contributed by atoms with Gasteiger partial charge >= 0.3 is 0 Å². The minimum atomic E-state index is -0.440. The monoisotopic (exact) mass is 287 g/mol. The summed E-state index contributed by atoms with van der Waals surface area (Å²) in [5, 5.41) is 1.12. The number of fused-ring (bicyclic) bond motifs is 1. The molecule has 0 fully saturated rings. The molecular weight excluding hydrogens is 277 g/mol. The van der Waals surface area contributed by atoms with Gasteiger partial charge in [-0.1, -0.05) is 35.9 Å². The van der Waals surface area contributed by atoms with E-state index in [0.717, 1.165) is 16.5 Å². The molecule has 0 saturated carbocycles. The van der Waals surface area contributed by atoms with Crippen molar-refractivity contribution < 1.29 is 9.13 Å². The van der Waals surface area contributed by atoms with Crippen molar-refractivity contribution in [1.29, 1.82) is 0 Å². The van der Waals surface area contributed by atoms with Crippen LogP contribution in [0.4, 0.5) is 4.39 Å². The average Bonchev–Trinajstić information content (AvgIpc) is 2.48. The van der Waals surface area contributed by atoms with Crippen LogP contribution in [0.3, 0.4) is 0 Å². The van der Waals surface area contributed by atoms with Gasteiger partial charge < -0.3 is 4.74 Å². The molecule has 4 heteroatoms. The van der Waals surface area contributed by atoms with Crippen molar-refractivity contribution in [2.45, 2.75) is 6.61 Å². The predicted octanol–water partition coefficient (Wildman–Crippen LogP) is 4.61. The largest absolute Gasteiger partial charge is 0.487 e. The number of ether oxygens (including phenoxy) is 1. The topological polar surface area (TPSA) is 22.1 Å². The molecule has 1 aromatic heterocycles. The number of pyridine rings is 1. The molecular formula is C16H11ClFNO. The molecule has 0 aliphatic heterocycles. The van der Waals surface area contributed by atoms with Crippen molar-refractivity contribution in [2.75, 3.05) is 0 Å². The van der Waals surface area contributed by atoms with Crippen LogP contribution in [0.2, 0.25) is 5.02 Å². The summed E-state index contributed by atoms with van der Waals surface area (Å²) < 4.78 is 18.9. The molecule has 0 bridgehead atoms. The van der Waals surface area contributed by atoms with E-state index in [1.807, 2.05) is 30.3 Å². The lowest BCUT2D eigenvalue weighted by atomic mass is 10.2. The SMILES string of the molecule is Fc1cc(COc2cnc3ccccc3c2)ccc1Cl. The predicted molar refractivity (Wildman–Crippen MR) is 77.5 cm³/mol. The minimum absolute atomic E-state index is 0.112. The number of hydrogen-bond donors (Lipinski definition) is 0. The third-order valence-electron chi connectivity index (χ3n) is 2.95. The van der Waals surface area contributed by atoms with Crippen molar-refractivity contribution >= 4 is 22.5 Å². The number of halogens is 2. The molecule has 0 saturated heterocycles. The molecule has 1 heterocycles. The minimum Gasteiger partial charge on any atom is -0.487 e. The number of nitrogens with zero attached hydrogens (tertiary/aromatic N) is 1. The standard InChI is InChI=1S/C16H11ClFNO/c17-14-6-5-11(7-15(14)18)10-20-13-8-12-3-1-2-4-16(12)19-9-13/h1-9H,10H2. The van der Waals surface area contributed by atoms with Gasteiger partial charge in [0, 0.05) is 5.39 Å². The normalized spacial score (nSPS) is 10.7. The lowest BCUT2D eigenvalue weighted by molar-refractivity contribution is 0.305. The second-order valence-electron chi connectivity index (χ2n) is 4.40. The number of aromatic nitrogens is 1. The fourth-order valence-corrected chi connectivity index (χ4v) is 2.04. The zero-order chi connectivity index (χ0) is 13.9. The van der Waals surface area contributed by atoms with E-state index in [9.17, 15) is 4.39 Å². The Balaban J connectivity index is 1.77. The quantitative estimate of drug-likeness (QED) is 0.702. The molecule has 100 valence electrons. The van der Waals surface area contributed by atoms with Gasteiger partial charge in [0.2, 0.25) is 0 Å². The molecule has 3 aromatic rings. The van der Waals surface area contributed by atoms with Crippen molar-refractivity contribution in [1.82, 2.24) is 4.98 Å². The molecule has 0 aliphatic rings. The highest BCUT2D eigenvalue weighted by Gasteiger charge is 2.03. The first kappa shape index (κ1) is 12.9. The maximum Gasteiger partial charge on any atom is 0.142 e. The Kier molecular flexibility index (Phi) is 3.52. The molecule has 2 nitrogen and oxygen atoms in total. The van der Waals surface area contributed by atoms with Crippen molar-refractivity contribution in [3.63, 3.8) is 0 Å². The summed E-state index contributed by atoms with van der Waals surface area (Å²) in [4.78, 5) is 4.30. The summed E-state index contributed by atoms with van der Waals surface area (Å²) >= 11 is 5.64. The third kappa shape index (κ3) is 2.73. The molecule has 0 N–H and O–H groups in total. The molecule has 0 amide bonds. The molecule has 0 spiro atoms. The van der Waals surface area contributed by atoms with Gasteiger partial charge in [0.05, 0.1) is 16.7 Å².